The topological polar surface area (TPSA) is 62.5 Å². The molecule has 0 amide bonds. The van der Waals surface area contributed by atoms with E-state index in [1.54, 1.807) is 6.92 Å². The van der Waals surface area contributed by atoms with Gasteiger partial charge in [-0.05, 0) is 19.4 Å². The molecule has 4 nitrogen and oxygen atoms in total. The van der Waals surface area contributed by atoms with Crippen molar-refractivity contribution >= 4 is 0 Å². The van der Waals surface area contributed by atoms with Gasteiger partial charge >= 0.3 is 0 Å². The molecule has 0 aliphatic heterocycles. The van der Waals surface area contributed by atoms with E-state index >= 15 is 0 Å². The molecule has 0 rings (SSSR count). The number of ether oxygens (including phenoxy) is 2. The molecule has 0 saturated carbocycles. The molecule has 1 unspecified atom stereocenters. The van der Waals surface area contributed by atoms with Gasteiger partial charge in [-0.25, -0.2) is 0 Å². The van der Waals surface area contributed by atoms with Gasteiger partial charge in [0, 0.05) is 14.2 Å². The number of nitriles is 1. The third-order valence-corrected chi connectivity index (χ3v) is 1.74. The second-order valence-corrected chi connectivity index (χ2v) is 2.69. The summed E-state index contributed by atoms with van der Waals surface area (Å²) < 4.78 is 9.90. The Morgan fingerprint density at radius 3 is 2.08 bits per heavy atom. The van der Waals surface area contributed by atoms with Crippen LogP contribution >= 0.6 is 0 Å². The number of hydrogen-bond acceptors (Lipinski definition) is 4. The molecule has 0 fully saturated rings. The summed E-state index contributed by atoms with van der Waals surface area (Å²) in [6.45, 7) is 3.23. The van der Waals surface area contributed by atoms with Crippen LogP contribution in [-0.2, 0) is 9.47 Å². The first-order valence-electron chi connectivity index (χ1n) is 3.92. The molecule has 0 aromatic heterocycles. The molecule has 74 valence electrons. The minimum atomic E-state index is -0.794. The Balaban J connectivity index is 4.85. The Morgan fingerprint density at radius 2 is 1.85 bits per heavy atom. The van der Waals surface area contributed by atoms with Crippen LogP contribution in [0.2, 0.25) is 0 Å². The number of aliphatic hydroxyl groups is 1. The van der Waals surface area contributed by atoms with Gasteiger partial charge in [0.1, 0.15) is 0 Å². The lowest BCUT2D eigenvalue weighted by molar-refractivity contribution is -0.0757. The lowest BCUT2D eigenvalue weighted by Crippen LogP contribution is -2.19. The van der Waals surface area contributed by atoms with Gasteiger partial charge in [0.2, 0.25) is 0 Å². The van der Waals surface area contributed by atoms with Crippen molar-refractivity contribution in [3.05, 3.63) is 11.1 Å². The SMILES string of the molecule is COC(OC)/C(C)=C(/C#N)C(C)O. The molecule has 0 aliphatic rings. The Labute approximate surface area is 78.4 Å². The third-order valence-electron chi connectivity index (χ3n) is 1.74. The van der Waals surface area contributed by atoms with Gasteiger partial charge in [-0.3, -0.25) is 0 Å². The van der Waals surface area contributed by atoms with Crippen LogP contribution < -0.4 is 0 Å². The van der Waals surface area contributed by atoms with E-state index < -0.39 is 12.4 Å². The molecule has 0 spiro atoms. The molecule has 13 heavy (non-hydrogen) atoms. The van der Waals surface area contributed by atoms with E-state index in [9.17, 15) is 5.11 Å². The van der Waals surface area contributed by atoms with Gasteiger partial charge < -0.3 is 14.6 Å². The van der Waals surface area contributed by atoms with Crippen LogP contribution in [0.1, 0.15) is 13.8 Å². The first-order valence-corrected chi connectivity index (χ1v) is 3.92. The molecule has 0 aliphatic carbocycles. The average Bonchev–Trinajstić information content (AvgIpc) is 2.07. The van der Waals surface area contributed by atoms with Crippen LogP contribution in [-0.4, -0.2) is 31.7 Å². The van der Waals surface area contributed by atoms with E-state index in [1.165, 1.54) is 21.1 Å². The highest BCUT2D eigenvalue weighted by Gasteiger charge is 2.16. The minimum absolute atomic E-state index is 0.286. The summed E-state index contributed by atoms with van der Waals surface area (Å²) in [5.41, 5.74) is 0.885. The van der Waals surface area contributed by atoms with E-state index in [4.69, 9.17) is 14.7 Å². The van der Waals surface area contributed by atoms with Crippen molar-refractivity contribution in [3.8, 4) is 6.07 Å². The number of rotatable bonds is 4. The number of nitrogens with zero attached hydrogens (tertiary/aromatic N) is 1. The largest absolute Gasteiger partial charge is 0.388 e. The third kappa shape index (κ3) is 3.15. The maximum atomic E-state index is 9.23. The predicted molar refractivity (Wildman–Crippen MR) is 47.8 cm³/mol. The maximum Gasteiger partial charge on any atom is 0.180 e. The fourth-order valence-electron chi connectivity index (χ4n) is 1.09. The van der Waals surface area contributed by atoms with Crippen LogP contribution in [0.5, 0.6) is 0 Å². The van der Waals surface area contributed by atoms with E-state index in [2.05, 4.69) is 0 Å². The molecule has 0 heterocycles. The van der Waals surface area contributed by atoms with Crippen molar-refractivity contribution in [2.24, 2.45) is 0 Å². The summed E-state index contributed by atoms with van der Waals surface area (Å²) in [6, 6.07) is 1.92. The lowest BCUT2D eigenvalue weighted by Gasteiger charge is -2.16. The molecule has 0 aromatic carbocycles. The number of hydrogen-bond donors (Lipinski definition) is 1. The van der Waals surface area contributed by atoms with E-state index in [0.717, 1.165) is 0 Å². The molecular formula is C9H15NO3. The van der Waals surface area contributed by atoms with Gasteiger partial charge in [0.05, 0.1) is 17.7 Å². The fraction of sp³-hybridized carbons (Fsp3) is 0.667. The normalized spacial score (nSPS) is 15.2. The van der Waals surface area contributed by atoms with E-state index in [0.29, 0.717) is 5.57 Å². The molecule has 4 heteroatoms. The summed E-state index contributed by atoms with van der Waals surface area (Å²) in [6.07, 6.45) is -1.36. The molecule has 1 N–H and O–H groups in total. The monoisotopic (exact) mass is 185 g/mol. The first-order chi connectivity index (χ1) is 6.08. The van der Waals surface area contributed by atoms with Crippen LogP contribution in [0.25, 0.3) is 0 Å². The zero-order chi connectivity index (χ0) is 10.4. The fourth-order valence-corrected chi connectivity index (χ4v) is 1.09. The maximum absolute atomic E-state index is 9.23. The van der Waals surface area contributed by atoms with Gasteiger partial charge in [-0.2, -0.15) is 5.26 Å². The number of aliphatic hydroxyl groups excluding tert-OH is 1. The molecule has 0 aromatic rings. The van der Waals surface area contributed by atoms with Crippen molar-refractivity contribution in [2.75, 3.05) is 14.2 Å². The zero-order valence-corrected chi connectivity index (χ0v) is 8.37. The number of methoxy groups -OCH3 is 2. The summed E-state index contributed by atoms with van der Waals surface area (Å²) >= 11 is 0. The second kappa shape index (κ2) is 5.70. The summed E-state index contributed by atoms with van der Waals surface area (Å²) in [5, 5.41) is 18.0. The van der Waals surface area contributed by atoms with Crippen LogP contribution in [0.15, 0.2) is 11.1 Å². The van der Waals surface area contributed by atoms with E-state index in [-0.39, 0.29) is 5.57 Å². The summed E-state index contributed by atoms with van der Waals surface area (Å²) in [4.78, 5) is 0. The Morgan fingerprint density at radius 1 is 1.38 bits per heavy atom. The van der Waals surface area contributed by atoms with Crippen LogP contribution in [0.4, 0.5) is 0 Å². The molecule has 0 radical (unpaired) electrons. The smallest absolute Gasteiger partial charge is 0.180 e. The molecule has 1 atom stereocenters. The highest BCUT2D eigenvalue weighted by Crippen LogP contribution is 2.14. The minimum Gasteiger partial charge on any atom is -0.388 e. The molecular weight excluding hydrogens is 170 g/mol. The Bertz CT molecular complexity index is 224. The van der Waals surface area contributed by atoms with Gasteiger partial charge in [-0.1, -0.05) is 0 Å². The zero-order valence-electron chi connectivity index (χ0n) is 8.37. The Kier molecular flexibility index (Phi) is 5.31. The van der Waals surface area contributed by atoms with Gasteiger partial charge in [0.25, 0.3) is 0 Å². The van der Waals surface area contributed by atoms with Crippen molar-refractivity contribution in [1.82, 2.24) is 0 Å². The first kappa shape index (κ1) is 12.1. The van der Waals surface area contributed by atoms with Crippen molar-refractivity contribution in [3.63, 3.8) is 0 Å². The van der Waals surface area contributed by atoms with E-state index in [1.807, 2.05) is 6.07 Å². The quantitative estimate of drug-likeness (QED) is 0.520. The second-order valence-electron chi connectivity index (χ2n) is 2.69. The Hall–Kier alpha value is -0.890. The van der Waals surface area contributed by atoms with Crippen LogP contribution in [0, 0.1) is 11.3 Å². The summed E-state index contributed by atoms with van der Waals surface area (Å²) in [5.74, 6) is 0. The van der Waals surface area contributed by atoms with Crippen molar-refractivity contribution < 1.29 is 14.6 Å². The summed E-state index contributed by atoms with van der Waals surface area (Å²) in [7, 11) is 2.96. The highest BCUT2D eigenvalue weighted by molar-refractivity contribution is 5.31. The standard InChI is InChI=1S/C9H15NO3/c1-6(9(12-3)13-4)8(5-10)7(2)11/h7,9,11H,1-4H3/b8-6-. The predicted octanol–water partition coefficient (Wildman–Crippen LogP) is 0.826. The average molecular weight is 185 g/mol. The van der Waals surface area contributed by atoms with Crippen molar-refractivity contribution in [2.45, 2.75) is 26.2 Å². The van der Waals surface area contributed by atoms with Crippen molar-refractivity contribution in [1.29, 1.82) is 5.26 Å². The van der Waals surface area contributed by atoms with Crippen LogP contribution in [0.3, 0.4) is 0 Å². The highest BCUT2D eigenvalue weighted by atomic mass is 16.7. The lowest BCUT2D eigenvalue weighted by atomic mass is 10.1. The molecule has 0 bridgehead atoms. The van der Waals surface area contributed by atoms with Gasteiger partial charge in [0.15, 0.2) is 6.29 Å². The molecule has 0 saturated heterocycles. The van der Waals surface area contributed by atoms with Gasteiger partial charge in [-0.15, -0.1) is 0 Å².